The van der Waals surface area contributed by atoms with Gasteiger partial charge in [0.15, 0.2) is 24.6 Å². The predicted octanol–water partition coefficient (Wildman–Crippen LogP) is 15.0. The van der Waals surface area contributed by atoms with E-state index in [1.54, 1.807) is 0 Å². The van der Waals surface area contributed by atoms with Crippen LogP contribution in [0.2, 0.25) is 0 Å². The van der Waals surface area contributed by atoms with Crippen molar-refractivity contribution in [2.45, 2.75) is 302 Å². The van der Waals surface area contributed by atoms with Gasteiger partial charge in [-0.3, -0.25) is 14.4 Å². The van der Waals surface area contributed by atoms with E-state index in [-0.39, 0.29) is 25.9 Å². The topological polar surface area (TPSA) is 175 Å². The molecule has 0 aromatic carbocycles. The number of aliphatic carboxylic acids is 1. The normalized spacial score (nSPS) is 18.6. The lowest BCUT2D eigenvalue weighted by Crippen LogP contribution is -2.61. The van der Waals surface area contributed by atoms with Crippen molar-refractivity contribution in [2.75, 3.05) is 13.2 Å². The Morgan fingerprint density at radius 2 is 0.822 bits per heavy atom. The van der Waals surface area contributed by atoms with Crippen molar-refractivity contribution in [1.29, 1.82) is 0 Å². The molecule has 3 N–H and O–H groups in total. The number of unbranched alkanes of at least 4 members (excludes halogenated alkanes) is 28. The van der Waals surface area contributed by atoms with Crippen LogP contribution in [-0.2, 0) is 42.9 Å². The van der Waals surface area contributed by atoms with Crippen molar-refractivity contribution in [2.24, 2.45) is 0 Å². The SMILES string of the molecule is CCCCC/C=C\C/C=C\CCCCCCCCCC(=O)OCC(COC1OC(C(=O)O)C(O)C(O)C1OC(=O)CCCCCCCCC/C=C\C/C=C\CCCCC)OC(=O)CCCCCCCCCCC. The van der Waals surface area contributed by atoms with Gasteiger partial charge in [-0.15, -0.1) is 0 Å². The number of aliphatic hydroxyl groups is 2. The number of carboxylic acids is 1. The molecule has 1 rings (SSSR count). The third-order valence-corrected chi connectivity index (χ3v) is 13.4. The quantitative estimate of drug-likeness (QED) is 0.0228. The van der Waals surface area contributed by atoms with Crippen LogP contribution in [0.15, 0.2) is 48.6 Å². The highest BCUT2D eigenvalue weighted by atomic mass is 16.7. The number of ether oxygens (including phenoxy) is 5. The average molecular weight is 1030 g/mol. The van der Waals surface area contributed by atoms with Gasteiger partial charge in [-0.2, -0.15) is 0 Å². The zero-order chi connectivity index (χ0) is 53.3. The first-order chi connectivity index (χ1) is 35.6. The van der Waals surface area contributed by atoms with Gasteiger partial charge in [-0.05, 0) is 83.5 Å². The van der Waals surface area contributed by atoms with Crippen LogP contribution >= 0.6 is 0 Å². The number of rotatable bonds is 50. The molecule has 1 aliphatic rings. The Hall–Kier alpha value is -3.32. The van der Waals surface area contributed by atoms with Crippen LogP contribution in [0.25, 0.3) is 0 Å². The zero-order valence-electron chi connectivity index (χ0n) is 46.4. The van der Waals surface area contributed by atoms with Crippen LogP contribution in [0, 0.1) is 0 Å². The van der Waals surface area contributed by atoms with Gasteiger partial charge >= 0.3 is 23.9 Å². The van der Waals surface area contributed by atoms with Crippen molar-refractivity contribution in [3.8, 4) is 0 Å². The largest absolute Gasteiger partial charge is 0.479 e. The van der Waals surface area contributed by atoms with E-state index >= 15 is 0 Å². The van der Waals surface area contributed by atoms with E-state index in [0.29, 0.717) is 19.3 Å². The molecule has 12 heteroatoms. The van der Waals surface area contributed by atoms with Gasteiger partial charge in [0.1, 0.15) is 18.8 Å². The second-order valence-electron chi connectivity index (χ2n) is 20.3. The van der Waals surface area contributed by atoms with E-state index in [9.17, 15) is 34.5 Å². The van der Waals surface area contributed by atoms with Gasteiger partial charge in [0, 0.05) is 19.3 Å². The Bertz CT molecular complexity index is 1460. The summed E-state index contributed by atoms with van der Waals surface area (Å²) in [6.45, 7) is 5.92. The number of carboxylic acid groups (broad SMARTS) is 1. The standard InChI is InChI=1S/C61H106O12/c1-4-7-10-13-16-19-21-23-25-27-29-31-33-36-38-41-44-47-53(62)69-50-52(71-54(63)48-45-42-39-35-18-15-12-9-6-3)51-70-61-59(57(66)56(65)58(73-61)60(67)68)72-55(64)49-46-43-40-37-34-32-30-28-26-24-22-20-17-14-11-8-5-2/h16-17,19-20,23-26,52,56-59,61,65-66H,4-15,18,21-22,27-51H2,1-3H3,(H,67,68)/b19-16-,20-17-,25-23-,26-24-. The maximum atomic E-state index is 13.1. The van der Waals surface area contributed by atoms with Crippen LogP contribution in [0.1, 0.15) is 265 Å². The predicted molar refractivity (Wildman–Crippen MR) is 294 cm³/mol. The average Bonchev–Trinajstić information content (AvgIpc) is 3.37. The molecular formula is C61H106O12. The van der Waals surface area contributed by atoms with Crippen molar-refractivity contribution in [1.82, 2.24) is 0 Å². The fourth-order valence-electron chi connectivity index (χ4n) is 8.78. The second-order valence-corrected chi connectivity index (χ2v) is 20.3. The maximum absolute atomic E-state index is 13.1. The van der Waals surface area contributed by atoms with E-state index in [1.165, 1.54) is 89.9 Å². The van der Waals surface area contributed by atoms with Gasteiger partial charge in [0.25, 0.3) is 0 Å². The highest BCUT2D eigenvalue weighted by Gasteiger charge is 2.50. The third kappa shape index (κ3) is 39.7. The van der Waals surface area contributed by atoms with E-state index in [2.05, 4.69) is 69.4 Å². The van der Waals surface area contributed by atoms with Gasteiger partial charge in [-0.1, -0.05) is 211 Å². The summed E-state index contributed by atoms with van der Waals surface area (Å²) in [4.78, 5) is 51.0. The van der Waals surface area contributed by atoms with E-state index in [4.69, 9.17) is 23.7 Å². The first-order valence-corrected chi connectivity index (χ1v) is 29.6. The third-order valence-electron chi connectivity index (χ3n) is 13.4. The molecule has 0 saturated carbocycles. The van der Waals surface area contributed by atoms with Gasteiger partial charge in [0.2, 0.25) is 0 Å². The van der Waals surface area contributed by atoms with Crippen molar-refractivity contribution < 1.29 is 58.2 Å². The lowest BCUT2D eigenvalue weighted by molar-refractivity contribution is -0.301. The number of hydrogen-bond acceptors (Lipinski definition) is 11. The molecule has 0 aromatic heterocycles. The molecule has 1 aliphatic heterocycles. The fourth-order valence-corrected chi connectivity index (χ4v) is 8.78. The van der Waals surface area contributed by atoms with Crippen molar-refractivity contribution in [3.05, 3.63) is 48.6 Å². The highest BCUT2D eigenvalue weighted by molar-refractivity contribution is 5.74. The van der Waals surface area contributed by atoms with E-state index in [0.717, 1.165) is 116 Å². The minimum absolute atomic E-state index is 0.0524. The minimum atomic E-state index is -1.90. The molecule has 422 valence electrons. The fraction of sp³-hybridized carbons (Fsp3) is 0.803. The second kappa shape index (κ2) is 49.6. The molecule has 0 radical (unpaired) electrons. The number of hydrogen-bond donors (Lipinski definition) is 3. The first kappa shape index (κ1) is 67.7. The Kier molecular flexibility index (Phi) is 45.9. The van der Waals surface area contributed by atoms with Gasteiger partial charge in [-0.25, -0.2) is 4.79 Å². The molecule has 0 spiro atoms. The van der Waals surface area contributed by atoms with Crippen LogP contribution < -0.4 is 0 Å². The maximum Gasteiger partial charge on any atom is 0.335 e. The summed E-state index contributed by atoms with van der Waals surface area (Å²) in [6, 6.07) is 0. The smallest absolute Gasteiger partial charge is 0.335 e. The summed E-state index contributed by atoms with van der Waals surface area (Å²) in [5, 5.41) is 31.4. The summed E-state index contributed by atoms with van der Waals surface area (Å²) >= 11 is 0. The molecule has 0 amide bonds. The summed E-state index contributed by atoms with van der Waals surface area (Å²) in [5.74, 6) is -3.13. The van der Waals surface area contributed by atoms with Gasteiger partial charge in [0.05, 0.1) is 6.61 Å². The lowest BCUT2D eigenvalue weighted by atomic mass is 9.98. The van der Waals surface area contributed by atoms with Crippen LogP contribution in [0.3, 0.4) is 0 Å². The van der Waals surface area contributed by atoms with Crippen LogP contribution in [-0.4, -0.2) is 89.2 Å². The molecule has 0 aliphatic carbocycles. The number of aliphatic hydroxyl groups excluding tert-OH is 2. The Balaban J connectivity index is 2.64. The Labute approximate surface area is 443 Å². The molecule has 1 fully saturated rings. The molecular weight excluding hydrogens is 925 g/mol. The molecule has 6 atom stereocenters. The molecule has 6 unspecified atom stereocenters. The van der Waals surface area contributed by atoms with Crippen molar-refractivity contribution >= 4 is 23.9 Å². The molecule has 0 aromatic rings. The summed E-state index contributed by atoms with van der Waals surface area (Å²) in [5.41, 5.74) is 0. The number of allylic oxidation sites excluding steroid dienone is 8. The van der Waals surface area contributed by atoms with E-state index in [1.807, 2.05) is 0 Å². The number of carbonyl (C=O) groups is 4. The number of carbonyl (C=O) groups excluding carboxylic acids is 3. The summed E-state index contributed by atoms with van der Waals surface area (Å²) in [7, 11) is 0. The lowest BCUT2D eigenvalue weighted by Gasteiger charge is -2.40. The molecule has 12 nitrogen and oxygen atoms in total. The van der Waals surface area contributed by atoms with E-state index < -0.39 is 67.3 Å². The molecule has 1 saturated heterocycles. The summed E-state index contributed by atoms with van der Waals surface area (Å²) in [6.07, 6.45) is 46.6. The Morgan fingerprint density at radius 3 is 1.26 bits per heavy atom. The zero-order valence-corrected chi connectivity index (χ0v) is 46.4. The molecule has 73 heavy (non-hydrogen) atoms. The van der Waals surface area contributed by atoms with Crippen molar-refractivity contribution in [3.63, 3.8) is 0 Å². The summed E-state index contributed by atoms with van der Waals surface area (Å²) < 4.78 is 28.4. The molecule has 1 heterocycles. The first-order valence-electron chi connectivity index (χ1n) is 29.6. The monoisotopic (exact) mass is 1030 g/mol. The molecule has 0 bridgehead atoms. The minimum Gasteiger partial charge on any atom is -0.479 e. The van der Waals surface area contributed by atoms with Gasteiger partial charge < -0.3 is 39.0 Å². The van der Waals surface area contributed by atoms with Crippen LogP contribution in [0.4, 0.5) is 0 Å². The number of esters is 3. The Morgan fingerprint density at radius 1 is 0.452 bits per heavy atom. The highest BCUT2D eigenvalue weighted by Crippen LogP contribution is 2.26. The van der Waals surface area contributed by atoms with Crippen LogP contribution in [0.5, 0.6) is 0 Å².